The molecule has 0 unspecified atom stereocenters. The van der Waals surface area contributed by atoms with E-state index in [0.29, 0.717) is 25.4 Å². The Morgan fingerprint density at radius 1 is 1.08 bits per heavy atom. The summed E-state index contributed by atoms with van der Waals surface area (Å²) in [5, 5.41) is 6.34. The molecule has 2 rings (SSSR count). The van der Waals surface area contributed by atoms with E-state index in [2.05, 4.69) is 36.6 Å². The van der Waals surface area contributed by atoms with Crippen LogP contribution >= 0.6 is 0 Å². The van der Waals surface area contributed by atoms with Crippen molar-refractivity contribution in [2.24, 2.45) is 0 Å². The Morgan fingerprint density at radius 2 is 1.88 bits per heavy atom. The van der Waals surface area contributed by atoms with Gasteiger partial charge in [0.2, 0.25) is 5.91 Å². The van der Waals surface area contributed by atoms with E-state index in [1.807, 2.05) is 36.4 Å². The monoisotopic (exact) mass is 340 g/mol. The minimum Gasteiger partial charge on any atom is -0.497 e. The van der Waals surface area contributed by atoms with E-state index < -0.39 is 0 Å². The maximum absolute atomic E-state index is 12.0. The molecular formula is C21H28N2O2. The standard InChI is InChI=1S/C21H28N2O2/c1-16(2)19-9-4-5-10-20(19)22-14-12-21(24)23-13-11-17-7-6-8-18(15-17)25-3/h4-10,15-16,22H,11-14H2,1-3H3,(H,23,24). The van der Waals surface area contributed by atoms with Crippen molar-refractivity contribution >= 4 is 11.6 Å². The molecule has 134 valence electrons. The molecule has 0 saturated heterocycles. The van der Waals surface area contributed by atoms with Crippen molar-refractivity contribution in [3.63, 3.8) is 0 Å². The lowest BCUT2D eigenvalue weighted by Gasteiger charge is -2.14. The van der Waals surface area contributed by atoms with Gasteiger partial charge in [-0.1, -0.05) is 44.2 Å². The molecule has 0 saturated carbocycles. The van der Waals surface area contributed by atoms with Gasteiger partial charge in [-0.2, -0.15) is 0 Å². The SMILES string of the molecule is COc1cccc(CCNC(=O)CCNc2ccccc2C(C)C)c1. The summed E-state index contributed by atoms with van der Waals surface area (Å²) < 4.78 is 5.21. The van der Waals surface area contributed by atoms with Crippen LogP contribution in [0, 0.1) is 0 Å². The minimum absolute atomic E-state index is 0.0671. The van der Waals surface area contributed by atoms with Crippen molar-refractivity contribution in [2.45, 2.75) is 32.6 Å². The van der Waals surface area contributed by atoms with Gasteiger partial charge in [-0.25, -0.2) is 0 Å². The molecule has 0 aromatic heterocycles. The van der Waals surface area contributed by atoms with Crippen molar-refractivity contribution in [1.82, 2.24) is 5.32 Å². The summed E-state index contributed by atoms with van der Waals surface area (Å²) >= 11 is 0. The fourth-order valence-corrected chi connectivity index (χ4v) is 2.73. The fraction of sp³-hybridized carbons (Fsp3) is 0.381. The topological polar surface area (TPSA) is 50.4 Å². The zero-order chi connectivity index (χ0) is 18.1. The number of rotatable bonds is 9. The van der Waals surface area contributed by atoms with E-state index in [4.69, 9.17) is 4.74 Å². The Hall–Kier alpha value is -2.49. The van der Waals surface area contributed by atoms with Crippen molar-refractivity contribution in [1.29, 1.82) is 0 Å². The maximum atomic E-state index is 12.0. The van der Waals surface area contributed by atoms with Gasteiger partial charge in [0.1, 0.15) is 5.75 Å². The molecule has 2 N–H and O–H groups in total. The number of hydrogen-bond acceptors (Lipinski definition) is 3. The van der Waals surface area contributed by atoms with Crippen LogP contribution in [0.1, 0.15) is 37.3 Å². The van der Waals surface area contributed by atoms with Crippen LogP contribution in [0.25, 0.3) is 0 Å². The van der Waals surface area contributed by atoms with Crippen LogP contribution < -0.4 is 15.4 Å². The highest BCUT2D eigenvalue weighted by Gasteiger charge is 2.06. The van der Waals surface area contributed by atoms with Crippen molar-refractivity contribution < 1.29 is 9.53 Å². The smallest absolute Gasteiger partial charge is 0.221 e. The van der Waals surface area contributed by atoms with Crippen molar-refractivity contribution in [2.75, 3.05) is 25.5 Å². The predicted molar refractivity (Wildman–Crippen MR) is 103 cm³/mol. The Balaban J connectivity index is 1.71. The zero-order valence-corrected chi connectivity index (χ0v) is 15.3. The molecule has 0 fully saturated rings. The number of carbonyl (C=O) groups is 1. The molecule has 0 aliphatic carbocycles. The van der Waals surface area contributed by atoms with Crippen LogP contribution in [0.5, 0.6) is 5.75 Å². The summed E-state index contributed by atoms with van der Waals surface area (Å²) in [6.45, 7) is 5.61. The van der Waals surface area contributed by atoms with E-state index in [1.165, 1.54) is 5.56 Å². The molecule has 1 amide bonds. The lowest BCUT2D eigenvalue weighted by Crippen LogP contribution is -2.27. The van der Waals surface area contributed by atoms with E-state index >= 15 is 0 Å². The van der Waals surface area contributed by atoms with Gasteiger partial charge in [-0.15, -0.1) is 0 Å². The van der Waals surface area contributed by atoms with E-state index in [0.717, 1.165) is 23.4 Å². The quantitative estimate of drug-likeness (QED) is 0.726. The molecule has 0 heterocycles. The molecule has 0 aliphatic rings. The highest BCUT2D eigenvalue weighted by molar-refractivity contribution is 5.76. The molecule has 2 aromatic rings. The number of hydrogen-bond donors (Lipinski definition) is 2. The fourth-order valence-electron chi connectivity index (χ4n) is 2.73. The van der Waals surface area contributed by atoms with E-state index in [9.17, 15) is 4.79 Å². The third-order valence-electron chi connectivity index (χ3n) is 4.12. The summed E-state index contributed by atoms with van der Waals surface area (Å²) in [7, 11) is 1.66. The molecule has 0 bridgehead atoms. The molecule has 0 aliphatic heterocycles. The molecule has 25 heavy (non-hydrogen) atoms. The van der Waals surface area contributed by atoms with Gasteiger partial charge >= 0.3 is 0 Å². The maximum Gasteiger partial charge on any atom is 0.221 e. The van der Waals surface area contributed by atoms with E-state index in [-0.39, 0.29) is 5.91 Å². The summed E-state index contributed by atoms with van der Waals surface area (Å²) in [5.74, 6) is 1.37. The van der Waals surface area contributed by atoms with Crippen molar-refractivity contribution in [3.8, 4) is 5.75 Å². The number of carbonyl (C=O) groups excluding carboxylic acids is 1. The highest BCUT2D eigenvalue weighted by Crippen LogP contribution is 2.23. The molecule has 4 nitrogen and oxygen atoms in total. The highest BCUT2D eigenvalue weighted by atomic mass is 16.5. The number of methoxy groups -OCH3 is 1. The Labute approximate surface area is 150 Å². The average Bonchev–Trinajstić information content (AvgIpc) is 2.62. The van der Waals surface area contributed by atoms with Gasteiger partial charge in [0.15, 0.2) is 0 Å². The Bertz CT molecular complexity index is 683. The van der Waals surface area contributed by atoms with Gasteiger partial charge < -0.3 is 15.4 Å². The van der Waals surface area contributed by atoms with Gasteiger partial charge in [-0.3, -0.25) is 4.79 Å². The molecule has 0 radical (unpaired) electrons. The third-order valence-corrected chi connectivity index (χ3v) is 4.12. The normalized spacial score (nSPS) is 10.6. The largest absolute Gasteiger partial charge is 0.497 e. The molecule has 0 atom stereocenters. The first-order valence-corrected chi connectivity index (χ1v) is 8.82. The first-order valence-electron chi connectivity index (χ1n) is 8.82. The first-order chi connectivity index (χ1) is 12.1. The van der Waals surface area contributed by atoms with Crippen LogP contribution in [0.15, 0.2) is 48.5 Å². The van der Waals surface area contributed by atoms with Crippen LogP contribution in [0.3, 0.4) is 0 Å². The van der Waals surface area contributed by atoms with E-state index in [1.54, 1.807) is 7.11 Å². The van der Waals surface area contributed by atoms with Crippen LogP contribution in [-0.4, -0.2) is 26.1 Å². The van der Waals surface area contributed by atoms with Crippen LogP contribution in [0.4, 0.5) is 5.69 Å². The lowest BCUT2D eigenvalue weighted by molar-refractivity contribution is -0.120. The summed E-state index contributed by atoms with van der Waals surface area (Å²) in [5.41, 5.74) is 3.55. The zero-order valence-electron chi connectivity index (χ0n) is 15.3. The average molecular weight is 340 g/mol. The van der Waals surface area contributed by atoms with Gasteiger partial charge in [0.05, 0.1) is 7.11 Å². The number of nitrogens with one attached hydrogen (secondary N) is 2. The van der Waals surface area contributed by atoms with Crippen LogP contribution in [-0.2, 0) is 11.2 Å². The second-order valence-corrected chi connectivity index (χ2v) is 6.37. The van der Waals surface area contributed by atoms with Gasteiger partial charge in [-0.05, 0) is 41.7 Å². The summed E-state index contributed by atoms with van der Waals surface area (Å²) in [6.07, 6.45) is 1.26. The Morgan fingerprint density at radius 3 is 2.64 bits per heavy atom. The number of para-hydroxylation sites is 1. The summed E-state index contributed by atoms with van der Waals surface area (Å²) in [6, 6.07) is 16.2. The lowest BCUT2D eigenvalue weighted by atomic mass is 10.0. The molecule has 0 spiro atoms. The Kier molecular flexibility index (Phi) is 7.33. The first kappa shape index (κ1) is 18.8. The molecule has 2 aromatic carbocycles. The van der Waals surface area contributed by atoms with Crippen LogP contribution in [0.2, 0.25) is 0 Å². The predicted octanol–water partition coefficient (Wildman–Crippen LogP) is 3.98. The number of amides is 1. The van der Waals surface area contributed by atoms with Gasteiger partial charge in [0, 0.05) is 25.2 Å². The number of benzene rings is 2. The number of ether oxygens (including phenoxy) is 1. The minimum atomic E-state index is 0.0671. The molecular weight excluding hydrogens is 312 g/mol. The number of anilines is 1. The third kappa shape index (κ3) is 6.14. The van der Waals surface area contributed by atoms with Crippen molar-refractivity contribution in [3.05, 3.63) is 59.7 Å². The second kappa shape index (κ2) is 9.72. The second-order valence-electron chi connectivity index (χ2n) is 6.37. The van der Waals surface area contributed by atoms with Gasteiger partial charge in [0.25, 0.3) is 0 Å². The molecule has 4 heteroatoms. The summed E-state index contributed by atoms with van der Waals surface area (Å²) in [4.78, 5) is 12.0.